The van der Waals surface area contributed by atoms with Crippen molar-refractivity contribution in [1.29, 1.82) is 0 Å². The van der Waals surface area contributed by atoms with Gasteiger partial charge in [-0.05, 0) is 25.8 Å². The molecule has 4 N–H and O–H groups in total. The quantitative estimate of drug-likeness (QED) is 0.331. The number of amidine groups is 1. The number of amides is 1. The summed E-state index contributed by atoms with van der Waals surface area (Å²) in [5.74, 6) is 0.0707. The van der Waals surface area contributed by atoms with Crippen molar-refractivity contribution in [3.63, 3.8) is 0 Å². The summed E-state index contributed by atoms with van der Waals surface area (Å²) in [4.78, 5) is 12.1. The Balaban J connectivity index is 1.96. The topological polar surface area (TPSA) is 87.7 Å². The van der Waals surface area contributed by atoms with Crippen LogP contribution in [0.25, 0.3) is 0 Å². The zero-order chi connectivity index (χ0) is 14.0. The van der Waals surface area contributed by atoms with Crippen LogP contribution in [0.4, 0.5) is 0 Å². The largest absolute Gasteiger partial charge is 0.409 e. The maximum Gasteiger partial charge on any atom is 0.233 e. The van der Waals surface area contributed by atoms with Crippen LogP contribution >= 0.6 is 0 Å². The van der Waals surface area contributed by atoms with Crippen LogP contribution in [0.5, 0.6) is 0 Å². The van der Waals surface area contributed by atoms with Gasteiger partial charge in [-0.1, -0.05) is 35.5 Å². The molecule has 0 aliphatic heterocycles. The van der Waals surface area contributed by atoms with E-state index in [9.17, 15) is 4.79 Å². The molecule has 0 bridgehead atoms. The Morgan fingerprint density at radius 2 is 2.05 bits per heavy atom. The number of carbonyl (C=O) groups excluding carboxylic acids is 1. The van der Waals surface area contributed by atoms with Gasteiger partial charge in [-0.25, -0.2) is 0 Å². The first kappa shape index (κ1) is 13.4. The molecule has 5 heteroatoms. The molecule has 1 fully saturated rings. The lowest BCUT2D eigenvalue weighted by atomic mass is 9.91. The molecule has 1 aliphatic rings. The molecule has 0 spiro atoms. The van der Waals surface area contributed by atoms with E-state index in [0.717, 1.165) is 6.42 Å². The van der Waals surface area contributed by atoms with Crippen LogP contribution in [0.15, 0.2) is 35.5 Å². The summed E-state index contributed by atoms with van der Waals surface area (Å²) in [7, 11) is 0. The molecule has 5 nitrogen and oxygen atoms in total. The summed E-state index contributed by atoms with van der Waals surface area (Å²) in [6.45, 7) is 3.27. The molecule has 2 atom stereocenters. The number of hydrogen-bond donors (Lipinski definition) is 3. The molecule has 102 valence electrons. The third-order valence-electron chi connectivity index (χ3n) is 3.65. The number of nitrogens with two attached hydrogens (primary N) is 1. The molecular weight excluding hydrogens is 242 g/mol. The van der Waals surface area contributed by atoms with E-state index in [1.165, 1.54) is 5.56 Å². The van der Waals surface area contributed by atoms with E-state index in [1.54, 1.807) is 13.8 Å². The van der Waals surface area contributed by atoms with E-state index in [2.05, 4.69) is 22.6 Å². The summed E-state index contributed by atoms with van der Waals surface area (Å²) in [6, 6.07) is 10.2. The average molecular weight is 261 g/mol. The van der Waals surface area contributed by atoms with Gasteiger partial charge in [0.05, 0.1) is 0 Å². The summed E-state index contributed by atoms with van der Waals surface area (Å²) >= 11 is 0. The van der Waals surface area contributed by atoms with Gasteiger partial charge in [0.15, 0.2) is 5.84 Å². The highest BCUT2D eigenvalue weighted by molar-refractivity contribution is 6.06. The molecule has 0 heterocycles. The Kier molecular flexibility index (Phi) is 3.46. The molecule has 1 aliphatic carbocycles. The Morgan fingerprint density at radius 1 is 1.42 bits per heavy atom. The maximum atomic E-state index is 12.1. The van der Waals surface area contributed by atoms with E-state index in [0.29, 0.717) is 5.92 Å². The zero-order valence-corrected chi connectivity index (χ0v) is 11.1. The van der Waals surface area contributed by atoms with Gasteiger partial charge in [0, 0.05) is 12.0 Å². The van der Waals surface area contributed by atoms with E-state index in [1.807, 2.05) is 18.2 Å². The molecule has 2 unspecified atom stereocenters. The standard InChI is InChI=1S/C14H19N3O2/c1-14(2,12(15)17-19)13(18)16-11-8-10(11)9-6-4-3-5-7-9/h3-7,10-11,19H,8H2,1-2H3,(H2,15,17)(H,16,18). The molecule has 19 heavy (non-hydrogen) atoms. The van der Waals surface area contributed by atoms with Crippen molar-refractivity contribution in [2.24, 2.45) is 16.3 Å². The molecule has 1 aromatic carbocycles. The molecule has 0 saturated heterocycles. The first-order valence-corrected chi connectivity index (χ1v) is 6.30. The van der Waals surface area contributed by atoms with E-state index >= 15 is 0 Å². The van der Waals surface area contributed by atoms with Gasteiger partial charge in [0.1, 0.15) is 5.41 Å². The van der Waals surface area contributed by atoms with Crippen molar-refractivity contribution in [2.75, 3.05) is 0 Å². The van der Waals surface area contributed by atoms with Gasteiger partial charge in [-0.15, -0.1) is 0 Å². The Hall–Kier alpha value is -2.04. The highest BCUT2D eigenvalue weighted by Crippen LogP contribution is 2.41. The summed E-state index contributed by atoms with van der Waals surface area (Å²) < 4.78 is 0. The van der Waals surface area contributed by atoms with Gasteiger partial charge in [0.2, 0.25) is 5.91 Å². The summed E-state index contributed by atoms with van der Waals surface area (Å²) in [6.07, 6.45) is 0.933. The Labute approximate surface area is 112 Å². The minimum Gasteiger partial charge on any atom is -0.409 e. The highest BCUT2D eigenvalue weighted by atomic mass is 16.4. The second kappa shape index (κ2) is 4.91. The van der Waals surface area contributed by atoms with Gasteiger partial charge < -0.3 is 16.3 Å². The van der Waals surface area contributed by atoms with Crippen LogP contribution in [0, 0.1) is 5.41 Å². The van der Waals surface area contributed by atoms with Gasteiger partial charge in [0.25, 0.3) is 0 Å². The fraction of sp³-hybridized carbons (Fsp3) is 0.429. The average Bonchev–Trinajstić information content (AvgIpc) is 3.17. The predicted octanol–water partition coefficient (Wildman–Crippen LogP) is 1.43. The van der Waals surface area contributed by atoms with Crippen LogP contribution in [0.2, 0.25) is 0 Å². The van der Waals surface area contributed by atoms with Crippen molar-refractivity contribution in [2.45, 2.75) is 32.2 Å². The highest BCUT2D eigenvalue weighted by Gasteiger charge is 2.43. The normalized spacial score (nSPS) is 22.9. The Bertz CT molecular complexity index is 497. The molecule has 1 saturated carbocycles. The van der Waals surface area contributed by atoms with Crippen molar-refractivity contribution >= 4 is 11.7 Å². The van der Waals surface area contributed by atoms with Crippen LogP contribution < -0.4 is 11.1 Å². The van der Waals surface area contributed by atoms with Crippen molar-refractivity contribution in [3.8, 4) is 0 Å². The number of oxime groups is 1. The number of nitrogens with zero attached hydrogens (tertiary/aromatic N) is 1. The minimum absolute atomic E-state index is 0.0816. The fourth-order valence-electron chi connectivity index (χ4n) is 2.01. The van der Waals surface area contributed by atoms with Crippen molar-refractivity contribution in [1.82, 2.24) is 5.32 Å². The Morgan fingerprint density at radius 3 is 2.63 bits per heavy atom. The number of benzene rings is 1. The molecular formula is C14H19N3O2. The second-order valence-electron chi connectivity index (χ2n) is 5.44. The zero-order valence-electron chi connectivity index (χ0n) is 11.1. The van der Waals surface area contributed by atoms with E-state index in [4.69, 9.17) is 10.9 Å². The van der Waals surface area contributed by atoms with Gasteiger partial charge >= 0.3 is 0 Å². The monoisotopic (exact) mass is 261 g/mol. The number of hydrogen-bond acceptors (Lipinski definition) is 3. The van der Waals surface area contributed by atoms with Gasteiger partial charge in [-0.3, -0.25) is 4.79 Å². The van der Waals surface area contributed by atoms with Gasteiger partial charge in [-0.2, -0.15) is 0 Å². The molecule has 1 amide bonds. The van der Waals surface area contributed by atoms with Crippen LogP contribution in [0.1, 0.15) is 31.7 Å². The molecule has 2 rings (SSSR count). The molecule has 1 aromatic rings. The SMILES string of the molecule is CC(C)(C(=O)NC1CC1c1ccccc1)C(N)=NO. The van der Waals surface area contributed by atoms with Crippen LogP contribution in [-0.4, -0.2) is 23.0 Å². The predicted molar refractivity (Wildman–Crippen MR) is 72.9 cm³/mol. The lowest BCUT2D eigenvalue weighted by Gasteiger charge is -2.21. The number of nitrogens with one attached hydrogen (secondary N) is 1. The minimum atomic E-state index is -1.00. The smallest absolute Gasteiger partial charge is 0.233 e. The summed E-state index contributed by atoms with van der Waals surface area (Å²) in [5.41, 5.74) is 5.76. The second-order valence-corrected chi connectivity index (χ2v) is 5.44. The number of rotatable bonds is 4. The first-order chi connectivity index (χ1) is 8.96. The lowest BCUT2D eigenvalue weighted by molar-refractivity contribution is -0.126. The third-order valence-corrected chi connectivity index (χ3v) is 3.65. The fourth-order valence-corrected chi connectivity index (χ4v) is 2.01. The first-order valence-electron chi connectivity index (χ1n) is 6.30. The van der Waals surface area contributed by atoms with E-state index in [-0.39, 0.29) is 17.8 Å². The van der Waals surface area contributed by atoms with Crippen molar-refractivity contribution < 1.29 is 10.0 Å². The molecule has 0 aromatic heterocycles. The van der Waals surface area contributed by atoms with E-state index < -0.39 is 5.41 Å². The molecule has 0 radical (unpaired) electrons. The third kappa shape index (κ3) is 2.70. The number of carbonyl (C=O) groups is 1. The lowest BCUT2D eigenvalue weighted by Crippen LogP contribution is -2.46. The maximum absolute atomic E-state index is 12.1. The van der Waals surface area contributed by atoms with Crippen molar-refractivity contribution in [3.05, 3.63) is 35.9 Å². The summed E-state index contributed by atoms with van der Waals surface area (Å²) in [5, 5.41) is 14.5. The van der Waals surface area contributed by atoms with Crippen LogP contribution in [-0.2, 0) is 4.79 Å². The van der Waals surface area contributed by atoms with Crippen LogP contribution in [0.3, 0.4) is 0 Å².